The van der Waals surface area contributed by atoms with E-state index in [1.165, 1.54) is 22.2 Å². The Morgan fingerprint density at radius 3 is 2.84 bits per heavy atom. The third-order valence-electron chi connectivity index (χ3n) is 7.76. The molecule has 2 unspecified atom stereocenters. The van der Waals surface area contributed by atoms with E-state index in [0.29, 0.717) is 18.7 Å². The average Bonchev–Trinajstić information content (AvgIpc) is 3.48. The van der Waals surface area contributed by atoms with Crippen molar-refractivity contribution in [2.75, 3.05) is 36.5 Å². The highest BCUT2D eigenvalue weighted by molar-refractivity contribution is 5.99. The fraction of sp³-hybridized carbons (Fsp3) is 0.310. The predicted octanol–water partition coefficient (Wildman–Crippen LogP) is 3.97. The molecule has 1 fully saturated rings. The summed E-state index contributed by atoms with van der Waals surface area (Å²) in [6, 6.07) is 18.8. The van der Waals surface area contributed by atoms with E-state index in [4.69, 9.17) is 10.5 Å². The van der Waals surface area contributed by atoms with Gasteiger partial charge in [-0.3, -0.25) is 9.78 Å². The lowest BCUT2D eigenvalue weighted by molar-refractivity contribution is 0.0708. The molecule has 7 rings (SSSR count). The van der Waals surface area contributed by atoms with Crippen LogP contribution in [0, 0.1) is 0 Å². The topological polar surface area (TPSA) is 88.7 Å². The molecule has 8 nitrogen and oxygen atoms in total. The second-order valence-corrected chi connectivity index (χ2v) is 10.2. The van der Waals surface area contributed by atoms with Gasteiger partial charge in [0, 0.05) is 54.5 Å². The summed E-state index contributed by atoms with van der Waals surface area (Å²) >= 11 is 0. The van der Waals surface area contributed by atoms with Crippen LogP contribution in [0.25, 0.3) is 10.9 Å². The molecule has 188 valence electrons. The normalized spacial score (nSPS) is 20.5. The van der Waals surface area contributed by atoms with Gasteiger partial charge in [-0.25, -0.2) is 0 Å². The summed E-state index contributed by atoms with van der Waals surface area (Å²) < 4.78 is 8.47. The van der Waals surface area contributed by atoms with Gasteiger partial charge in [-0.15, -0.1) is 0 Å². The Morgan fingerprint density at radius 2 is 1.97 bits per heavy atom. The fourth-order valence-corrected chi connectivity index (χ4v) is 6.01. The largest absolute Gasteiger partial charge is 0.489 e. The molecule has 1 saturated heterocycles. The van der Waals surface area contributed by atoms with Crippen LogP contribution < -0.4 is 20.7 Å². The average molecular weight is 495 g/mol. The third-order valence-corrected chi connectivity index (χ3v) is 7.76. The number of aromatic nitrogens is 2. The van der Waals surface area contributed by atoms with Gasteiger partial charge >= 0.3 is 0 Å². The summed E-state index contributed by atoms with van der Waals surface area (Å²) in [6.45, 7) is 3.43. The Morgan fingerprint density at radius 1 is 1.11 bits per heavy atom. The number of nitrogens with two attached hydrogens (primary N) is 1. The summed E-state index contributed by atoms with van der Waals surface area (Å²) in [5.41, 5.74) is 12.3. The van der Waals surface area contributed by atoms with Crippen LogP contribution in [0.2, 0.25) is 0 Å². The van der Waals surface area contributed by atoms with Crippen LogP contribution in [0.5, 0.6) is 5.75 Å². The second-order valence-electron chi connectivity index (χ2n) is 10.2. The minimum Gasteiger partial charge on any atom is -0.489 e. The van der Waals surface area contributed by atoms with E-state index in [9.17, 15) is 4.79 Å². The van der Waals surface area contributed by atoms with Crippen molar-refractivity contribution in [1.29, 1.82) is 0 Å². The van der Waals surface area contributed by atoms with Crippen LogP contribution in [-0.4, -0.2) is 52.6 Å². The number of hydrogen-bond acceptors (Lipinski definition) is 6. The number of piperidine rings is 1. The first-order chi connectivity index (χ1) is 18.2. The molecule has 0 aliphatic carbocycles. The second kappa shape index (κ2) is 8.81. The molecule has 0 saturated carbocycles. The lowest BCUT2D eigenvalue weighted by Crippen LogP contribution is -2.45. The van der Waals surface area contributed by atoms with Gasteiger partial charge in [0.05, 0.1) is 17.9 Å². The van der Waals surface area contributed by atoms with Gasteiger partial charge in [0.15, 0.2) is 0 Å². The minimum atomic E-state index is -0.0688. The standard InChI is InChI=1S/C29H30N6O2/c30-22-5-3-11-33(18-22)29(36)21-14-23-27-26(16-21)37-13-12-34(27)28(32-23)25-15-20-4-1-2-6-24(20)35(25)17-19-7-9-31-10-8-19/h1-2,4,6-10,14-16,22,28,32H,3,5,11-13,17-18,30H2. The van der Waals surface area contributed by atoms with E-state index in [2.05, 4.69) is 62.2 Å². The van der Waals surface area contributed by atoms with Gasteiger partial charge in [-0.2, -0.15) is 0 Å². The number of fused-ring (bicyclic) bond motifs is 1. The molecule has 3 N–H and O–H groups in total. The highest BCUT2D eigenvalue weighted by Crippen LogP contribution is 2.50. The maximum Gasteiger partial charge on any atom is 0.254 e. The van der Waals surface area contributed by atoms with Crippen molar-refractivity contribution in [3.8, 4) is 5.75 Å². The van der Waals surface area contributed by atoms with Gasteiger partial charge < -0.3 is 30.2 Å². The molecule has 2 atom stereocenters. The third kappa shape index (κ3) is 3.79. The number of benzene rings is 2. The highest BCUT2D eigenvalue weighted by atomic mass is 16.5. The Labute approximate surface area is 215 Å². The van der Waals surface area contributed by atoms with E-state index in [1.54, 1.807) is 0 Å². The molecule has 2 aromatic heterocycles. The predicted molar refractivity (Wildman–Crippen MR) is 144 cm³/mol. The van der Waals surface area contributed by atoms with Crippen molar-refractivity contribution in [3.05, 3.63) is 83.8 Å². The van der Waals surface area contributed by atoms with Crippen molar-refractivity contribution in [2.24, 2.45) is 5.73 Å². The minimum absolute atomic E-state index is 0.0203. The molecule has 2 aromatic carbocycles. The first-order valence-corrected chi connectivity index (χ1v) is 13.0. The Bertz CT molecular complexity index is 1480. The molecular formula is C29H30N6O2. The maximum absolute atomic E-state index is 13.4. The SMILES string of the molecule is NC1CCCN(C(=O)c2cc3c4c(c2)OCCN4C(c2cc4ccccc4n2Cc2ccncc2)N3)C1. The first-order valence-electron chi connectivity index (χ1n) is 13.0. The number of hydrogen-bond donors (Lipinski definition) is 2. The number of anilines is 2. The van der Waals surface area contributed by atoms with Crippen LogP contribution in [0.4, 0.5) is 11.4 Å². The van der Waals surface area contributed by atoms with E-state index in [1.807, 2.05) is 29.4 Å². The van der Waals surface area contributed by atoms with Crippen LogP contribution in [0.1, 0.15) is 40.6 Å². The Balaban J connectivity index is 1.27. The van der Waals surface area contributed by atoms with Crippen molar-refractivity contribution in [2.45, 2.75) is 31.6 Å². The van der Waals surface area contributed by atoms with E-state index in [-0.39, 0.29) is 18.1 Å². The zero-order valence-corrected chi connectivity index (χ0v) is 20.6. The van der Waals surface area contributed by atoms with E-state index >= 15 is 0 Å². The van der Waals surface area contributed by atoms with Crippen molar-refractivity contribution >= 4 is 28.2 Å². The summed E-state index contributed by atoms with van der Waals surface area (Å²) in [6.07, 6.45) is 5.52. The lowest BCUT2D eigenvalue weighted by Gasteiger charge is -2.33. The number of likely N-dealkylation sites (tertiary alicyclic amines) is 1. The number of ether oxygens (including phenoxy) is 1. The molecule has 3 aliphatic rings. The van der Waals surface area contributed by atoms with Gasteiger partial charge in [-0.1, -0.05) is 18.2 Å². The van der Waals surface area contributed by atoms with Gasteiger partial charge in [0.25, 0.3) is 5.91 Å². The molecule has 4 aromatic rings. The van der Waals surface area contributed by atoms with Crippen molar-refractivity contribution < 1.29 is 9.53 Å². The Kier molecular flexibility index (Phi) is 5.28. The van der Waals surface area contributed by atoms with Crippen LogP contribution in [0.3, 0.4) is 0 Å². The first kappa shape index (κ1) is 22.2. The quantitative estimate of drug-likeness (QED) is 0.446. The molecule has 3 aliphatic heterocycles. The highest BCUT2D eigenvalue weighted by Gasteiger charge is 2.38. The molecule has 0 radical (unpaired) electrons. The van der Waals surface area contributed by atoms with Gasteiger partial charge in [-0.05, 0) is 54.8 Å². The summed E-state index contributed by atoms with van der Waals surface area (Å²) in [5.74, 6) is 0.784. The zero-order valence-electron chi connectivity index (χ0n) is 20.6. The Hall–Kier alpha value is -4.04. The lowest BCUT2D eigenvalue weighted by atomic mass is 10.0. The number of rotatable bonds is 4. The number of nitrogens with zero attached hydrogens (tertiary/aromatic N) is 4. The molecule has 1 amide bonds. The smallest absolute Gasteiger partial charge is 0.254 e. The summed E-state index contributed by atoms with van der Waals surface area (Å²) in [5, 5.41) is 4.95. The van der Waals surface area contributed by atoms with Crippen LogP contribution >= 0.6 is 0 Å². The maximum atomic E-state index is 13.4. The molecular weight excluding hydrogens is 464 g/mol. The number of nitrogens with one attached hydrogen (secondary N) is 1. The van der Waals surface area contributed by atoms with Gasteiger partial charge in [0.1, 0.15) is 24.2 Å². The van der Waals surface area contributed by atoms with E-state index in [0.717, 1.165) is 49.6 Å². The fourth-order valence-electron chi connectivity index (χ4n) is 6.01. The number of pyridine rings is 1. The molecule has 0 bridgehead atoms. The number of para-hydroxylation sites is 1. The molecule has 5 heterocycles. The molecule has 37 heavy (non-hydrogen) atoms. The zero-order chi connectivity index (χ0) is 24.9. The van der Waals surface area contributed by atoms with Crippen LogP contribution in [0.15, 0.2) is 67.0 Å². The summed E-state index contributed by atoms with van der Waals surface area (Å²) in [7, 11) is 0. The van der Waals surface area contributed by atoms with E-state index < -0.39 is 0 Å². The van der Waals surface area contributed by atoms with Crippen LogP contribution in [-0.2, 0) is 6.54 Å². The number of amides is 1. The molecule has 8 heteroatoms. The van der Waals surface area contributed by atoms with Crippen molar-refractivity contribution in [1.82, 2.24) is 14.5 Å². The number of carbonyl (C=O) groups excluding carboxylic acids is 1. The summed E-state index contributed by atoms with van der Waals surface area (Å²) in [4.78, 5) is 21.8. The monoisotopic (exact) mass is 494 g/mol. The van der Waals surface area contributed by atoms with Gasteiger partial charge in [0.2, 0.25) is 0 Å². The molecule has 0 spiro atoms. The van der Waals surface area contributed by atoms with Crippen molar-refractivity contribution in [3.63, 3.8) is 0 Å². The number of carbonyl (C=O) groups is 1.